The van der Waals surface area contributed by atoms with Crippen LogP contribution < -0.4 is 10.6 Å². The zero-order valence-electron chi connectivity index (χ0n) is 10.6. The van der Waals surface area contributed by atoms with Crippen molar-refractivity contribution < 1.29 is 24.2 Å². The first kappa shape index (κ1) is 16.3. The average Bonchev–Trinajstić information content (AvgIpc) is 2.23. The molecule has 0 aromatic carbocycles. The lowest BCUT2D eigenvalue weighted by molar-refractivity contribution is -0.143. The predicted octanol–water partition coefficient (Wildman–Crippen LogP) is -1.13. The number of aliphatic carboxylic acids is 1. The smallest absolute Gasteiger partial charge is 0.329 e. The maximum atomic E-state index is 11.2. The first-order valence-corrected chi connectivity index (χ1v) is 5.43. The number of hydrogen-bond acceptors (Lipinski definition) is 5. The Morgan fingerprint density at radius 2 is 1.89 bits per heavy atom. The van der Waals surface area contributed by atoms with E-state index in [-0.39, 0.29) is 0 Å². The molecule has 8 heteroatoms. The number of rotatable bonds is 8. The topological polar surface area (TPSA) is 108 Å². The van der Waals surface area contributed by atoms with Gasteiger partial charge in [-0.2, -0.15) is 0 Å². The van der Waals surface area contributed by atoms with Crippen molar-refractivity contribution in [3.05, 3.63) is 0 Å². The lowest BCUT2D eigenvalue weighted by atomic mass is 10.4. The second-order valence-electron chi connectivity index (χ2n) is 3.85. The summed E-state index contributed by atoms with van der Waals surface area (Å²) in [5.41, 5.74) is 0. The molecule has 18 heavy (non-hydrogen) atoms. The SMILES string of the molecule is CN(C)CCCNC(=O)NC(=O)COCC(=O)O. The number of ether oxygens (including phenoxy) is 1. The Kier molecular flexibility index (Phi) is 8.50. The molecule has 0 aliphatic rings. The Bertz CT molecular complexity index is 293. The highest BCUT2D eigenvalue weighted by Crippen LogP contribution is 1.81. The van der Waals surface area contributed by atoms with Crippen LogP contribution in [0, 0.1) is 0 Å². The molecule has 0 saturated heterocycles. The van der Waals surface area contributed by atoms with Crippen LogP contribution in [0.5, 0.6) is 0 Å². The number of amides is 3. The van der Waals surface area contributed by atoms with Gasteiger partial charge in [0.05, 0.1) is 0 Å². The number of carbonyl (C=O) groups is 3. The number of hydrogen-bond donors (Lipinski definition) is 3. The fourth-order valence-corrected chi connectivity index (χ4v) is 1.04. The second kappa shape index (κ2) is 9.37. The van der Waals surface area contributed by atoms with Crippen molar-refractivity contribution in [1.82, 2.24) is 15.5 Å². The molecule has 3 N–H and O–H groups in total. The van der Waals surface area contributed by atoms with Gasteiger partial charge in [0.15, 0.2) is 0 Å². The maximum absolute atomic E-state index is 11.2. The van der Waals surface area contributed by atoms with Crippen LogP contribution in [0.25, 0.3) is 0 Å². The number of carbonyl (C=O) groups excluding carboxylic acids is 2. The van der Waals surface area contributed by atoms with E-state index in [2.05, 4.69) is 10.1 Å². The summed E-state index contributed by atoms with van der Waals surface area (Å²) in [6.07, 6.45) is 0.768. The molecular weight excluding hydrogens is 242 g/mol. The van der Waals surface area contributed by atoms with Crippen LogP contribution >= 0.6 is 0 Å². The highest BCUT2D eigenvalue weighted by atomic mass is 16.5. The van der Waals surface area contributed by atoms with Crippen molar-refractivity contribution in [2.24, 2.45) is 0 Å². The van der Waals surface area contributed by atoms with Gasteiger partial charge in [0.25, 0.3) is 5.91 Å². The number of carboxylic acids is 1. The van der Waals surface area contributed by atoms with Gasteiger partial charge in [-0.05, 0) is 27.1 Å². The third kappa shape index (κ3) is 10.8. The van der Waals surface area contributed by atoms with E-state index in [9.17, 15) is 14.4 Å². The van der Waals surface area contributed by atoms with Crippen LogP contribution in [-0.2, 0) is 14.3 Å². The Morgan fingerprint density at radius 3 is 2.44 bits per heavy atom. The third-order valence-electron chi connectivity index (χ3n) is 1.78. The molecule has 0 bridgehead atoms. The van der Waals surface area contributed by atoms with Gasteiger partial charge < -0.3 is 20.1 Å². The molecule has 0 aliphatic carbocycles. The number of urea groups is 1. The molecule has 0 aromatic rings. The minimum absolute atomic E-state index is 0.452. The molecule has 0 aromatic heterocycles. The highest BCUT2D eigenvalue weighted by Gasteiger charge is 2.07. The number of imide groups is 1. The van der Waals surface area contributed by atoms with Gasteiger partial charge in [-0.1, -0.05) is 0 Å². The van der Waals surface area contributed by atoms with Crippen molar-refractivity contribution in [2.75, 3.05) is 40.4 Å². The van der Waals surface area contributed by atoms with E-state index < -0.39 is 31.1 Å². The van der Waals surface area contributed by atoms with E-state index in [1.165, 1.54) is 0 Å². The molecule has 0 spiro atoms. The molecule has 0 aliphatic heterocycles. The van der Waals surface area contributed by atoms with Crippen LogP contribution in [-0.4, -0.2) is 68.3 Å². The summed E-state index contributed by atoms with van der Waals surface area (Å²) in [5.74, 6) is -1.85. The van der Waals surface area contributed by atoms with Crippen LogP contribution in [0.1, 0.15) is 6.42 Å². The maximum Gasteiger partial charge on any atom is 0.329 e. The summed E-state index contributed by atoms with van der Waals surface area (Å²) in [6.45, 7) is 0.249. The minimum atomic E-state index is -1.17. The molecule has 0 rings (SSSR count). The van der Waals surface area contributed by atoms with Crippen molar-refractivity contribution in [1.29, 1.82) is 0 Å². The summed E-state index contributed by atoms with van der Waals surface area (Å²) in [7, 11) is 3.84. The number of nitrogens with one attached hydrogen (secondary N) is 2. The molecule has 0 atom stereocenters. The van der Waals surface area contributed by atoms with Crippen molar-refractivity contribution in [3.8, 4) is 0 Å². The van der Waals surface area contributed by atoms with E-state index in [4.69, 9.17) is 5.11 Å². The van der Waals surface area contributed by atoms with Gasteiger partial charge in [-0.15, -0.1) is 0 Å². The summed E-state index contributed by atoms with van der Waals surface area (Å²) in [5, 5.41) is 12.8. The van der Waals surface area contributed by atoms with Gasteiger partial charge in [-0.3, -0.25) is 10.1 Å². The first-order valence-electron chi connectivity index (χ1n) is 5.43. The Hall–Kier alpha value is -1.67. The normalized spacial score (nSPS) is 10.2. The highest BCUT2D eigenvalue weighted by molar-refractivity contribution is 5.94. The minimum Gasteiger partial charge on any atom is -0.480 e. The fraction of sp³-hybridized carbons (Fsp3) is 0.700. The van der Waals surface area contributed by atoms with E-state index >= 15 is 0 Å². The lowest BCUT2D eigenvalue weighted by Gasteiger charge is -2.10. The van der Waals surface area contributed by atoms with Gasteiger partial charge in [-0.25, -0.2) is 9.59 Å². The molecule has 3 amide bonds. The summed E-state index contributed by atoms with van der Waals surface area (Å²) in [4.78, 5) is 34.3. The largest absolute Gasteiger partial charge is 0.480 e. The Labute approximate surface area is 105 Å². The molecule has 104 valence electrons. The summed E-state index contributed by atoms with van der Waals surface area (Å²) in [6, 6.07) is -0.613. The molecule has 8 nitrogen and oxygen atoms in total. The third-order valence-corrected chi connectivity index (χ3v) is 1.78. The van der Waals surface area contributed by atoms with Crippen LogP contribution in [0.3, 0.4) is 0 Å². The van der Waals surface area contributed by atoms with Gasteiger partial charge in [0.2, 0.25) is 0 Å². The van der Waals surface area contributed by atoms with Crippen molar-refractivity contribution >= 4 is 17.9 Å². The molecule has 0 radical (unpaired) electrons. The summed E-state index contributed by atoms with van der Waals surface area (Å²) >= 11 is 0. The van der Waals surface area contributed by atoms with Crippen LogP contribution in [0.15, 0.2) is 0 Å². The zero-order chi connectivity index (χ0) is 14.0. The van der Waals surface area contributed by atoms with E-state index in [1.807, 2.05) is 24.3 Å². The fourth-order valence-electron chi connectivity index (χ4n) is 1.04. The lowest BCUT2D eigenvalue weighted by Crippen LogP contribution is -2.42. The Balaban J connectivity index is 3.55. The summed E-state index contributed by atoms with van der Waals surface area (Å²) < 4.78 is 4.52. The average molecular weight is 261 g/mol. The molecule has 0 unspecified atom stereocenters. The molecule has 0 fully saturated rings. The molecule has 0 heterocycles. The zero-order valence-corrected chi connectivity index (χ0v) is 10.6. The van der Waals surface area contributed by atoms with Gasteiger partial charge in [0, 0.05) is 6.54 Å². The van der Waals surface area contributed by atoms with Crippen LogP contribution in [0.4, 0.5) is 4.79 Å². The number of carboxylic acid groups (broad SMARTS) is 1. The standard InChI is InChI=1S/C10H19N3O5/c1-13(2)5-3-4-11-10(17)12-8(14)6-18-7-9(15)16/h3-7H2,1-2H3,(H,15,16)(H2,11,12,14,17). The van der Waals surface area contributed by atoms with E-state index in [0.29, 0.717) is 6.54 Å². The van der Waals surface area contributed by atoms with E-state index in [1.54, 1.807) is 0 Å². The number of nitrogens with zero attached hydrogens (tertiary/aromatic N) is 1. The second-order valence-corrected chi connectivity index (χ2v) is 3.85. The van der Waals surface area contributed by atoms with Gasteiger partial charge in [0.1, 0.15) is 13.2 Å². The van der Waals surface area contributed by atoms with Gasteiger partial charge >= 0.3 is 12.0 Å². The van der Waals surface area contributed by atoms with Crippen LogP contribution in [0.2, 0.25) is 0 Å². The van der Waals surface area contributed by atoms with Crippen molar-refractivity contribution in [2.45, 2.75) is 6.42 Å². The monoisotopic (exact) mass is 261 g/mol. The first-order chi connectivity index (χ1) is 8.41. The van der Waals surface area contributed by atoms with E-state index in [0.717, 1.165) is 13.0 Å². The Morgan fingerprint density at radius 1 is 1.22 bits per heavy atom. The quantitative estimate of drug-likeness (QED) is 0.477. The van der Waals surface area contributed by atoms with Crippen molar-refractivity contribution in [3.63, 3.8) is 0 Å². The molecule has 0 saturated carbocycles. The molecular formula is C10H19N3O5. The predicted molar refractivity (Wildman–Crippen MR) is 63.2 cm³/mol.